The molecule has 14 heteroatoms. The summed E-state index contributed by atoms with van der Waals surface area (Å²) in [5.41, 5.74) is 3.26. The average molecular weight is 759 g/mol. The zero-order valence-electron chi connectivity index (χ0n) is 31.5. The summed E-state index contributed by atoms with van der Waals surface area (Å²) in [7, 11) is 1.30. The standard InChI is InChI=1S/C39H55ClN4O9/c1-26(43(5)38(48)49)35(45)42-34(39(2,3)4)37(47)44-25-29-23-30(53-22-21-52-20-19-51-18-17-50-16-15-40)14-13-28(29)24-33(44)36(46)41-32-12-8-10-27-9-6-7-11-31(27)32/h6-7,9,11,13-14,23,26,32-34H,8,10,12,15-22,24-25H2,1-5H3,(H,41,46)(H,42,45)(H,48,49)/t26-,32+,33-,34+/m0/s1. The molecule has 0 spiro atoms. The molecule has 2 aromatic rings. The summed E-state index contributed by atoms with van der Waals surface area (Å²) in [5, 5.41) is 15.5. The summed E-state index contributed by atoms with van der Waals surface area (Å²) in [6.07, 6.45) is 1.68. The maximum Gasteiger partial charge on any atom is 0.407 e. The Hall–Kier alpha value is -3.91. The molecule has 2 aliphatic rings. The van der Waals surface area contributed by atoms with Crippen LogP contribution >= 0.6 is 11.6 Å². The Labute approximate surface area is 317 Å². The van der Waals surface area contributed by atoms with Gasteiger partial charge in [0.15, 0.2) is 0 Å². The smallest absolute Gasteiger partial charge is 0.407 e. The highest BCUT2D eigenvalue weighted by atomic mass is 35.5. The van der Waals surface area contributed by atoms with E-state index in [0.29, 0.717) is 57.9 Å². The lowest BCUT2D eigenvalue weighted by Gasteiger charge is -2.42. The van der Waals surface area contributed by atoms with Crippen LogP contribution in [0.2, 0.25) is 0 Å². The van der Waals surface area contributed by atoms with E-state index in [1.807, 2.05) is 57.2 Å². The quantitative estimate of drug-likeness (QED) is 0.149. The zero-order valence-corrected chi connectivity index (χ0v) is 32.3. The number of likely N-dealkylation sites (N-methyl/N-ethyl adjacent to an activating group) is 1. The average Bonchev–Trinajstić information content (AvgIpc) is 3.14. The maximum atomic E-state index is 14.6. The molecule has 4 rings (SSSR count). The fourth-order valence-electron chi connectivity index (χ4n) is 6.52. The predicted octanol–water partition coefficient (Wildman–Crippen LogP) is 4.33. The Morgan fingerprint density at radius 1 is 0.943 bits per heavy atom. The molecular weight excluding hydrogens is 704 g/mol. The van der Waals surface area contributed by atoms with Crippen molar-refractivity contribution in [2.75, 3.05) is 59.2 Å². The van der Waals surface area contributed by atoms with Crippen molar-refractivity contribution in [1.29, 1.82) is 0 Å². The van der Waals surface area contributed by atoms with Crippen molar-refractivity contribution >= 4 is 35.4 Å². The summed E-state index contributed by atoms with van der Waals surface area (Å²) < 4.78 is 22.3. The summed E-state index contributed by atoms with van der Waals surface area (Å²) in [5.74, 6) is -0.267. The molecule has 4 atom stereocenters. The fraction of sp³-hybridized carbons (Fsp3) is 0.590. The van der Waals surface area contributed by atoms with Gasteiger partial charge in [0.25, 0.3) is 0 Å². The first-order valence-electron chi connectivity index (χ1n) is 18.3. The lowest BCUT2D eigenvalue weighted by atomic mass is 9.83. The molecule has 0 radical (unpaired) electrons. The first-order valence-corrected chi connectivity index (χ1v) is 18.8. The molecule has 0 unspecified atom stereocenters. The van der Waals surface area contributed by atoms with Gasteiger partial charge in [0.2, 0.25) is 17.7 Å². The number of carbonyl (C=O) groups is 4. The molecule has 3 N–H and O–H groups in total. The van der Waals surface area contributed by atoms with Gasteiger partial charge in [-0.05, 0) is 66.0 Å². The number of benzene rings is 2. The maximum absolute atomic E-state index is 14.6. The fourth-order valence-corrected chi connectivity index (χ4v) is 6.63. The van der Waals surface area contributed by atoms with Gasteiger partial charge in [-0.15, -0.1) is 11.6 Å². The lowest BCUT2D eigenvalue weighted by molar-refractivity contribution is -0.147. The number of halogens is 1. The number of fused-ring (bicyclic) bond motifs is 2. The summed E-state index contributed by atoms with van der Waals surface area (Å²) in [6.45, 7) is 9.97. The van der Waals surface area contributed by atoms with Gasteiger partial charge in [-0.25, -0.2) is 4.79 Å². The SMILES string of the molecule is C[C@@H](C(=O)N[C@H](C(=O)N1Cc2cc(OCCOCCOCCOCCCl)ccc2C[C@H]1C(=O)N[C@@H]1CCCc2ccccc21)C(C)(C)C)N(C)C(=O)O. The third kappa shape index (κ3) is 11.8. The molecule has 0 aromatic heterocycles. The zero-order chi connectivity index (χ0) is 38.5. The lowest BCUT2D eigenvalue weighted by Crippen LogP contribution is -2.62. The van der Waals surface area contributed by atoms with Crippen LogP contribution in [0.5, 0.6) is 5.75 Å². The minimum atomic E-state index is -1.27. The Morgan fingerprint density at radius 3 is 2.26 bits per heavy atom. The Morgan fingerprint density at radius 2 is 1.60 bits per heavy atom. The normalized spacial score (nSPS) is 17.9. The van der Waals surface area contributed by atoms with Crippen LogP contribution in [0.1, 0.15) is 68.8 Å². The van der Waals surface area contributed by atoms with Crippen molar-refractivity contribution in [3.8, 4) is 5.75 Å². The van der Waals surface area contributed by atoms with Gasteiger partial charge < -0.3 is 39.6 Å². The molecule has 53 heavy (non-hydrogen) atoms. The Bertz CT molecular complexity index is 1550. The number of nitrogens with zero attached hydrogens (tertiary/aromatic N) is 2. The van der Waals surface area contributed by atoms with E-state index >= 15 is 0 Å². The number of carboxylic acid groups (broad SMARTS) is 1. The summed E-state index contributed by atoms with van der Waals surface area (Å²) in [6, 6.07) is 10.6. The second-order valence-corrected chi connectivity index (χ2v) is 14.9. The summed E-state index contributed by atoms with van der Waals surface area (Å²) in [4.78, 5) is 56.2. The third-order valence-corrected chi connectivity index (χ3v) is 9.86. The van der Waals surface area contributed by atoms with Crippen molar-refractivity contribution < 1.29 is 43.2 Å². The van der Waals surface area contributed by atoms with Gasteiger partial charge in [-0.2, -0.15) is 0 Å². The second-order valence-electron chi connectivity index (χ2n) is 14.5. The minimum absolute atomic E-state index is 0.111. The highest BCUT2D eigenvalue weighted by Crippen LogP contribution is 2.33. The van der Waals surface area contributed by atoms with Crippen molar-refractivity contribution in [3.63, 3.8) is 0 Å². The highest BCUT2D eigenvalue weighted by molar-refractivity contribution is 6.17. The summed E-state index contributed by atoms with van der Waals surface area (Å²) >= 11 is 5.58. The molecular formula is C39H55ClN4O9. The van der Waals surface area contributed by atoms with E-state index in [2.05, 4.69) is 16.7 Å². The molecule has 0 saturated carbocycles. The monoisotopic (exact) mass is 758 g/mol. The van der Waals surface area contributed by atoms with Crippen molar-refractivity contribution in [2.45, 2.75) is 84.1 Å². The molecule has 0 saturated heterocycles. The molecule has 0 bridgehead atoms. The largest absolute Gasteiger partial charge is 0.491 e. The molecule has 0 fully saturated rings. The molecule has 4 amide bonds. The van der Waals surface area contributed by atoms with E-state index in [-0.39, 0.29) is 24.9 Å². The number of carbonyl (C=O) groups excluding carboxylic acids is 3. The third-order valence-electron chi connectivity index (χ3n) is 9.70. The molecule has 1 aliphatic heterocycles. The van der Waals surface area contributed by atoms with Crippen LogP contribution in [-0.4, -0.2) is 116 Å². The van der Waals surface area contributed by atoms with Crippen molar-refractivity contribution in [3.05, 3.63) is 64.7 Å². The molecule has 1 heterocycles. The number of hydrogen-bond acceptors (Lipinski definition) is 8. The predicted molar refractivity (Wildman–Crippen MR) is 200 cm³/mol. The van der Waals surface area contributed by atoms with Crippen LogP contribution in [0.25, 0.3) is 0 Å². The molecule has 292 valence electrons. The number of hydrogen-bond donors (Lipinski definition) is 3. The second kappa shape index (κ2) is 20.0. The van der Waals surface area contributed by atoms with E-state index in [0.717, 1.165) is 40.9 Å². The Kier molecular flexibility index (Phi) is 15.8. The molecule has 2 aromatic carbocycles. The number of aryl methyl sites for hydroxylation is 1. The van der Waals surface area contributed by atoms with Gasteiger partial charge in [0.1, 0.15) is 30.5 Å². The van der Waals surface area contributed by atoms with Gasteiger partial charge in [0.05, 0.1) is 45.7 Å². The molecule has 1 aliphatic carbocycles. The van der Waals surface area contributed by atoms with Crippen molar-refractivity contribution in [2.24, 2.45) is 5.41 Å². The van der Waals surface area contributed by atoms with Crippen molar-refractivity contribution in [1.82, 2.24) is 20.4 Å². The molecule has 13 nitrogen and oxygen atoms in total. The number of amides is 4. The van der Waals surface area contributed by atoms with Crippen LogP contribution in [0.15, 0.2) is 42.5 Å². The first kappa shape index (κ1) is 41.8. The number of ether oxygens (including phenoxy) is 4. The van der Waals surface area contributed by atoms with Gasteiger partial charge >= 0.3 is 6.09 Å². The van der Waals surface area contributed by atoms with Crippen LogP contribution in [0, 0.1) is 5.41 Å². The number of nitrogens with one attached hydrogen (secondary N) is 2. The van der Waals surface area contributed by atoms with E-state index < -0.39 is 41.4 Å². The van der Waals surface area contributed by atoms with Gasteiger partial charge in [0, 0.05) is 25.9 Å². The van der Waals surface area contributed by atoms with Crippen LogP contribution in [-0.2, 0) is 48.0 Å². The van der Waals surface area contributed by atoms with Crippen LogP contribution in [0.4, 0.5) is 4.79 Å². The van der Waals surface area contributed by atoms with Gasteiger partial charge in [-0.1, -0.05) is 51.1 Å². The van der Waals surface area contributed by atoms with Crippen LogP contribution in [0.3, 0.4) is 0 Å². The van der Waals surface area contributed by atoms with E-state index in [1.54, 1.807) is 4.90 Å². The topological polar surface area (TPSA) is 156 Å². The highest BCUT2D eigenvalue weighted by Gasteiger charge is 2.43. The number of rotatable bonds is 18. The van der Waals surface area contributed by atoms with E-state index in [1.165, 1.54) is 19.5 Å². The van der Waals surface area contributed by atoms with E-state index in [4.69, 9.17) is 30.5 Å². The van der Waals surface area contributed by atoms with E-state index in [9.17, 15) is 24.3 Å². The Balaban J connectivity index is 1.50. The minimum Gasteiger partial charge on any atom is -0.491 e. The number of alkyl halides is 1. The van der Waals surface area contributed by atoms with Gasteiger partial charge in [-0.3, -0.25) is 19.3 Å². The van der Waals surface area contributed by atoms with Crippen LogP contribution < -0.4 is 15.4 Å². The first-order chi connectivity index (χ1) is 25.3.